The molecule has 0 fully saturated rings. The maximum Gasteiger partial charge on any atom is 0.227 e. The summed E-state index contributed by atoms with van der Waals surface area (Å²) in [4.78, 5) is 15.9. The van der Waals surface area contributed by atoms with E-state index < -0.39 is 0 Å². The van der Waals surface area contributed by atoms with Crippen molar-refractivity contribution in [2.24, 2.45) is 0 Å². The van der Waals surface area contributed by atoms with E-state index in [1.807, 2.05) is 5.38 Å². The Morgan fingerprint density at radius 1 is 1.37 bits per heavy atom. The number of carbonyl (C=O) groups is 1. The molecule has 3 nitrogen and oxygen atoms in total. The lowest BCUT2D eigenvalue weighted by Crippen LogP contribution is -2.24. The molecular formula is C13H12ClFN2OS. The minimum Gasteiger partial charge on any atom is -0.352 e. The molecular weight excluding hydrogens is 287 g/mol. The Morgan fingerprint density at radius 2 is 2.11 bits per heavy atom. The molecule has 0 bridgehead atoms. The number of halogens is 2. The Balaban J connectivity index is 1.82. The van der Waals surface area contributed by atoms with Gasteiger partial charge in [-0.2, -0.15) is 0 Å². The Hall–Kier alpha value is -1.46. The summed E-state index contributed by atoms with van der Waals surface area (Å²) in [5, 5.41) is 5.35. The number of nitrogens with one attached hydrogen (secondary N) is 1. The molecule has 2 aromatic rings. The van der Waals surface area contributed by atoms with Gasteiger partial charge in [-0.05, 0) is 17.7 Å². The largest absolute Gasteiger partial charge is 0.352 e. The van der Waals surface area contributed by atoms with Gasteiger partial charge in [0.2, 0.25) is 5.91 Å². The topological polar surface area (TPSA) is 42.0 Å². The van der Waals surface area contributed by atoms with Crippen molar-refractivity contribution >= 4 is 28.8 Å². The molecule has 0 aliphatic rings. The van der Waals surface area contributed by atoms with Crippen LogP contribution in [0.4, 0.5) is 4.39 Å². The van der Waals surface area contributed by atoms with Crippen molar-refractivity contribution in [3.05, 3.63) is 51.7 Å². The van der Waals surface area contributed by atoms with Crippen LogP contribution in [0.1, 0.15) is 16.3 Å². The first kappa shape index (κ1) is 14.0. The molecule has 19 heavy (non-hydrogen) atoms. The van der Waals surface area contributed by atoms with E-state index in [9.17, 15) is 9.18 Å². The van der Waals surface area contributed by atoms with E-state index in [-0.39, 0.29) is 18.1 Å². The minimum atomic E-state index is -0.286. The van der Waals surface area contributed by atoms with Crippen LogP contribution < -0.4 is 5.32 Å². The number of thiazole rings is 1. The van der Waals surface area contributed by atoms with Gasteiger partial charge in [0.15, 0.2) is 0 Å². The number of hydrogen-bond acceptors (Lipinski definition) is 3. The minimum absolute atomic E-state index is 0.111. The van der Waals surface area contributed by atoms with Gasteiger partial charge in [0.05, 0.1) is 18.0 Å². The number of carbonyl (C=O) groups excluding carboxylic acids is 1. The highest BCUT2D eigenvalue weighted by Crippen LogP contribution is 2.12. The first-order valence-corrected chi connectivity index (χ1v) is 7.09. The van der Waals surface area contributed by atoms with Crippen LogP contribution in [-0.2, 0) is 23.6 Å². The molecule has 0 saturated heterocycles. The van der Waals surface area contributed by atoms with Crippen molar-refractivity contribution in [2.45, 2.75) is 18.8 Å². The molecule has 1 heterocycles. The van der Waals surface area contributed by atoms with Crippen LogP contribution in [0.2, 0.25) is 0 Å². The smallest absolute Gasteiger partial charge is 0.227 e. The highest BCUT2D eigenvalue weighted by Gasteiger charge is 2.07. The first-order chi connectivity index (χ1) is 9.17. The van der Waals surface area contributed by atoms with Gasteiger partial charge in [-0.3, -0.25) is 4.79 Å². The summed E-state index contributed by atoms with van der Waals surface area (Å²) in [6.45, 7) is 0.382. The lowest BCUT2D eigenvalue weighted by atomic mass is 10.2. The molecule has 100 valence electrons. The summed E-state index contributed by atoms with van der Waals surface area (Å²) in [5.74, 6) is -0.0421. The normalized spacial score (nSPS) is 10.4. The molecule has 0 aliphatic carbocycles. The quantitative estimate of drug-likeness (QED) is 0.863. The molecule has 0 spiro atoms. The van der Waals surface area contributed by atoms with E-state index in [1.54, 1.807) is 12.1 Å². The van der Waals surface area contributed by atoms with Gasteiger partial charge in [0.1, 0.15) is 10.8 Å². The van der Waals surface area contributed by atoms with Crippen molar-refractivity contribution < 1.29 is 9.18 Å². The van der Waals surface area contributed by atoms with Crippen LogP contribution >= 0.6 is 22.9 Å². The molecule has 6 heteroatoms. The van der Waals surface area contributed by atoms with Crippen molar-refractivity contribution in [1.29, 1.82) is 0 Å². The van der Waals surface area contributed by atoms with Crippen molar-refractivity contribution in [3.63, 3.8) is 0 Å². The summed E-state index contributed by atoms with van der Waals surface area (Å²) in [7, 11) is 0. The molecule has 0 aliphatic heterocycles. The SMILES string of the molecule is O=C(Cc1nc(CCl)cs1)NCc1ccc(F)cc1. The van der Waals surface area contributed by atoms with Crippen LogP contribution in [0.3, 0.4) is 0 Å². The van der Waals surface area contributed by atoms with Gasteiger partial charge in [-0.15, -0.1) is 22.9 Å². The van der Waals surface area contributed by atoms with Gasteiger partial charge in [0.25, 0.3) is 0 Å². The maximum absolute atomic E-state index is 12.7. The van der Waals surface area contributed by atoms with E-state index in [0.29, 0.717) is 12.4 Å². The second-order valence-electron chi connectivity index (χ2n) is 3.95. The fourth-order valence-electron chi connectivity index (χ4n) is 1.49. The predicted octanol–water partition coefficient (Wildman–Crippen LogP) is 2.88. The average molecular weight is 299 g/mol. The molecule has 2 rings (SSSR count). The number of nitrogens with zero attached hydrogens (tertiary/aromatic N) is 1. The third-order valence-corrected chi connectivity index (χ3v) is 3.62. The zero-order valence-electron chi connectivity index (χ0n) is 10.0. The number of rotatable bonds is 5. The van der Waals surface area contributed by atoms with Crippen molar-refractivity contribution in [2.75, 3.05) is 0 Å². The number of hydrogen-bond donors (Lipinski definition) is 1. The van der Waals surface area contributed by atoms with Gasteiger partial charge in [-0.25, -0.2) is 9.37 Å². The summed E-state index contributed by atoms with van der Waals surface area (Å²) < 4.78 is 12.7. The van der Waals surface area contributed by atoms with Crippen LogP contribution in [0, 0.1) is 5.82 Å². The Kier molecular flexibility index (Phi) is 4.87. The summed E-state index contributed by atoms with van der Waals surface area (Å²) in [6, 6.07) is 6.03. The van der Waals surface area contributed by atoms with Crippen molar-refractivity contribution in [1.82, 2.24) is 10.3 Å². The molecule has 1 amide bonds. The molecule has 0 unspecified atom stereocenters. The molecule has 0 saturated carbocycles. The summed E-state index contributed by atoms with van der Waals surface area (Å²) >= 11 is 7.06. The fourth-order valence-corrected chi connectivity index (χ4v) is 2.52. The van der Waals surface area contributed by atoms with Gasteiger partial charge in [0, 0.05) is 11.9 Å². The second-order valence-corrected chi connectivity index (χ2v) is 5.16. The standard InChI is InChI=1S/C13H12ClFN2OS/c14-6-11-8-19-13(17-11)5-12(18)16-7-9-1-3-10(15)4-2-9/h1-4,8H,5-7H2,(H,16,18). The first-order valence-electron chi connectivity index (χ1n) is 5.68. The van der Waals surface area contributed by atoms with Crippen LogP contribution in [-0.4, -0.2) is 10.9 Å². The zero-order valence-corrected chi connectivity index (χ0v) is 11.6. The second kappa shape index (κ2) is 6.63. The van der Waals surface area contributed by atoms with Gasteiger partial charge in [-0.1, -0.05) is 12.1 Å². The average Bonchev–Trinajstić information content (AvgIpc) is 2.86. The van der Waals surface area contributed by atoms with E-state index in [1.165, 1.54) is 23.5 Å². The number of alkyl halides is 1. The fraction of sp³-hybridized carbons (Fsp3) is 0.231. The van der Waals surface area contributed by atoms with Crippen LogP contribution in [0.15, 0.2) is 29.6 Å². The monoisotopic (exact) mass is 298 g/mol. The molecule has 1 aromatic heterocycles. The van der Waals surface area contributed by atoms with Gasteiger partial charge < -0.3 is 5.32 Å². The highest BCUT2D eigenvalue weighted by atomic mass is 35.5. The van der Waals surface area contributed by atoms with E-state index in [2.05, 4.69) is 10.3 Å². The molecule has 0 radical (unpaired) electrons. The zero-order chi connectivity index (χ0) is 13.7. The Bertz CT molecular complexity index is 556. The maximum atomic E-state index is 12.7. The highest BCUT2D eigenvalue weighted by molar-refractivity contribution is 7.09. The molecule has 1 aromatic carbocycles. The van der Waals surface area contributed by atoms with E-state index in [4.69, 9.17) is 11.6 Å². The van der Waals surface area contributed by atoms with E-state index in [0.717, 1.165) is 16.3 Å². The number of amides is 1. The van der Waals surface area contributed by atoms with Gasteiger partial charge >= 0.3 is 0 Å². The summed E-state index contributed by atoms with van der Waals surface area (Å²) in [5.41, 5.74) is 1.64. The molecule has 1 N–H and O–H groups in total. The van der Waals surface area contributed by atoms with Crippen LogP contribution in [0.5, 0.6) is 0 Å². The third-order valence-electron chi connectivity index (χ3n) is 2.45. The van der Waals surface area contributed by atoms with Crippen LogP contribution in [0.25, 0.3) is 0 Å². The predicted molar refractivity (Wildman–Crippen MR) is 73.6 cm³/mol. The van der Waals surface area contributed by atoms with E-state index >= 15 is 0 Å². The Morgan fingerprint density at radius 3 is 2.74 bits per heavy atom. The Labute approximate surface area is 119 Å². The lowest BCUT2D eigenvalue weighted by Gasteiger charge is -2.04. The number of benzene rings is 1. The van der Waals surface area contributed by atoms with Crippen molar-refractivity contribution in [3.8, 4) is 0 Å². The lowest BCUT2D eigenvalue weighted by molar-refractivity contribution is -0.120. The third kappa shape index (κ3) is 4.29. The number of aromatic nitrogens is 1. The molecule has 0 atom stereocenters. The summed E-state index contributed by atoms with van der Waals surface area (Å²) in [6.07, 6.45) is 0.239.